The first-order chi connectivity index (χ1) is 14.1. The van der Waals surface area contributed by atoms with Crippen molar-refractivity contribution in [3.8, 4) is 0 Å². The van der Waals surface area contributed by atoms with Crippen molar-refractivity contribution in [2.45, 2.75) is 51.8 Å². The van der Waals surface area contributed by atoms with E-state index in [0.717, 1.165) is 58.9 Å². The number of β-amino-alcohol motifs (C(OH)–C–C–N with tert-alkyl or cyclic N) is 1. The van der Waals surface area contributed by atoms with Crippen molar-refractivity contribution in [3.63, 3.8) is 0 Å². The Balaban J connectivity index is 1.31. The Morgan fingerprint density at radius 3 is 2.62 bits per heavy atom. The molecule has 1 saturated heterocycles. The van der Waals surface area contributed by atoms with Gasteiger partial charge in [0, 0.05) is 69.0 Å². The number of hydrogen-bond donors (Lipinski definition) is 1. The third-order valence-corrected chi connectivity index (χ3v) is 7.47. The molecule has 5 nitrogen and oxygen atoms in total. The largest absolute Gasteiger partial charge is 0.390 e. The number of rotatable bonds is 5. The summed E-state index contributed by atoms with van der Waals surface area (Å²) in [6, 6.07) is 7.43. The molecule has 1 aliphatic carbocycles. The molecular formula is C24H36N4O. The number of fused-ring (bicyclic) bond motifs is 3. The number of aryl methyl sites for hydroxylation is 2. The van der Waals surface area contributed by atoms with Gasteiger partial charge in [-0.25, -0.2) is 0 Å². The van der Waals surface area contributed by atoms with Crippen LogP contribution in [-0.4, -0.2) is 82.8 Å². The Hall–Kier alpha value is -1.40. The first-order valence-electron chi connectivity index (χ1n) is 11.6. The fraction of sp³-hybridized carbons (Fsp3) is 0.667. The predicted molar refractivity (Wildman–Crippen MR) is 118 cm³/mol. The summed E-state index contributed by atoms with van der Waals surface area (Å²) in [5.41, 5.74) is 5.90. The van der Waals surface area contributed by atoms with Gasteiger partial charge in [0.05, 0.1) is 12.1 Å². The molecular weight excluding hydrogens is 360 g/mol. The number of benzene rings is 1. The summed E-state index contributed by atoms with van der Waals surface area (Å²) in [6.07, 6.45) is 3.43. The lowest BCUT2D eigenvalue weighted by atomic mass is 9.89. The van der Waals surface area contributed by atoms with Gasteiger partial charge in [-0.3, -0.25) is 9.80 Å². The Morgan fingerprint density at radius 2 is 1.83 bits per heavy atom. The zero-order valence-electron chi connectivity index (χ0n) is 18.1. The molecule has 3 heterocycles. The first-order valence-corrected chi connectivity index (χ1v) is 11.6. The standard InChI is InChI=1S/C24H36N4O/c1-3-25-9-11-26(12-10-25)16-19(29)17-27-13-14-28-22-8-7-18(2)15-21(22)20-5-4-6-23(27)24(20)28/h7-8,15,19,23,29H,3-6,9-14,16-17H2,1-2H3/t19-,23-/m0/s1. The highest BCUT2D eigenvalue weighted by atomic mass is 16.3. The van der Waals surface area contributed by atoms with Crippen molar-refractivity contribution < 1.29 is 5.11 Å². The van der Waals surface area contributed by atoms with Crippen molar-refractivity contribution in [1.29, 1.82) is 0 Å². The highest BCUT2D eigenvalue weighted by Gasteiger charge is 2.35. The van der Waals surface area contributed by atoms with Crippen LogP contribution in [0.4, 0.5) is 0 Å². The van der Waals surface area contributed by atoms with Gasteiger partial charge < -0.3 is 14.6 Å². The second-order valence-corrected chi connectivity index (χ2v) is 9.33. The molecule has 29 heavy (non-hydrogen) atoms. The molecule has 2 aromatic rings. The number of aliphatic hydroxyl groups excluding tert-OH is 1. The summed E-state index contributed by atoms with van der Waals surface area (Å²) in [4.78, 5) is 7.53. The molecule has 0 radical (unpaired) electrons. The van der Waals surface area contributed by atoms with E-state index >= 15 is 0 Å². The van der Waals surface area contributed by atoms with Gasteiger partial charge in [-0.2, -0.15) is 0 Å². The molecule has 0 bridgehead atoms. The number of hydrogen-bond acceptors (Lipinski definition) is 4. The molecule has 0 spiro atoms. The summed E-state index contributed by atoms with van der Waals surface area (Å²) >= 11 is 0. The molecule has 1 fully saturated rings. The van der Waals surface area contributed by atoms with Crippen molar-refractivity contribution in [2.24, 2.45) is 0 Å². The van der Waals surface area contributed by atoms with Crippen molar-refractivity contribution in [3.05, 3.63) is 35.0 Å². The van der Waals surface area contributed by atoms with Crippen LogP contribution in [0, 0.1) is 6.92 Å². The smallest absolute Gasteiger partial charge is 0.0794 e. The van der Waals surface area contributed by atoms with Crippen LogP contribution in [0.25, 0.3) is 10.9 Å². The molecule has 5 rings (SSSR count). The second kappa shape index (κ2) is 8.03. The van der Waals surface area contributed by atoms with Crippen LogP contribution >= 0.6 is 0 Å². The summed E-state index contributed by atoms with van der Waals surface area (Å²) in [6.45, 7) is 13.7. The fourth-order valence-electron chi connectivity index (χ4n) is 5.92. The number of nitrogens with zero attached hydrogens (tertiary/aromatic N) is 4. The molecule has 1 aromatic carbocycles. The lowest BCUT2D eigenvalue weighted by Crippen LogP contribution is -2.51. The third kappa shape index (κ3) is 3.63. The van der Waals surface area contributed by atoms with E-state index in [0.29, 0.717) is 6.04 Å². The van der Waals surface area contributed by atoms with Gasteiger partial charge in [-0.15, -0.1) is 0 Å². The zero-order chi connectivity index (χ0) is 20.0. The molecule has 1 aromatic heterocycles. The van der Waals surface area contributed by atoms with Crippen LogP contribution in [0.1, 0.15) is 42.6 Å². The minimum atomic E-state index is -0.258. The predicted octanol–water partition coefficient (Wildman–Crippen LogP) is 2.64. The van der Waals surface area contributed by atoms with Crippen LogP contribution in [0.5, 0.6) is 0 Å². The molecule has 2 atom stereocenters. The minimum Gasteiger partial charge on any atom is -0.390 e. The van der Waals surface area contributed by atoms with Crippen molar-refractivity contribution in [2.75, 3.05) is 52.4 Å². The number of aromatic nitrogens is 1. The van der Waals surface area contributed by atoms with E-state index in [9.17, 15) is 5.11 Å². The van der Waals surface area contributed by atoms with Gasteiger partial charge in [0.15, 0.2) is 0 Å². The van der Waals surface area contributed by atoms with E-state index in [4.69, 9.17) is 0 Å². The van der Waals surface area contributed by atoms with Gasteiger partial charge in [0.25, 0.3) is 0 Å². The Morgan fingerprint density at radius 1 is 1.03 bits per heavy atom. The maximum absolute atomic E-state index is 10.9. The van der Waals surface area contributed by atoms with Crippen LogP contribution < -0.4 is 0 Å². The second-order valence-electron chi connectivity index (χ2n) is 9.33. The van der Waals surface area contributed by atoms with Crippen LogP contribution in [0.3, 0.4) is 0 Å². The summed E-state index contributed by atoms with van der Waals surface area (Å²) in [5.74, 6) is 0. The Labute approximate surface area is 174 Å². The number of piperazine rings is 1. The number of aliphatic hydroxyl groups is 1. The topological polar surface area (TPSA) is 34.9 Å². The third-order valence-electron chi connectivity index (χ3n) is 7.47. The van der Waals surface area contributed by atoms with Crippen LogP contribution in [0.15, 0.2) is 18.2 Å². The molecule has 2 aliphatic heterocycles. The molecule has 0 unspecified atom stereocenters. The van der Waals surface area contributed by atoms with Gasteiger partial charge in [-0.05, 0) is 50.4 Å². The van der Waals surface area contributed by atoms with E-state index in [1.165, 1.54) is 35.7 Å². The fourth-order valence-corrected chi connectivity index (χ4v) is 5.92. The van der Waals surface area contributed by atoms with Crippen LogP contribution in [0.2, 0.25) is 0 Å². The molecule has 3 aliphatic rings. The summed E-state index contributed by atoms with van der Waals surface area (Å²) in [7, 11) is 0. The van der Waals surface area contributed by atoms with Crippen molar-refractivity contribution in [1.82, 2.24) is 19.3 Å². The highest BCUT2D eigenvalue weighted by Crippen LogP contribution is 2.42. The van der Waals surface area contributed by atoms with Gasteiger partial charge >= 0.3 is 0 Å². The van der Waals surface area contributed by atoms with Crippen molar-refractivity contribution >= 4 is 10.9 Å². The highest BCUT2D eigenvalue weighted by molar-refractivity contribution is 5.87. The van der Waals surface area contributed by atoms with E-state index in [1.807, 2.05) is 0 Å². The Kier molecular flexibility index (Phi) is 5.41. The Bertz CT molecular complexity index is 867. The van der Waals surface area contributed by atoms with E-state index in [2.05, 4.69) is 51.3 Å². The molecule has 158 valence electrons. The summed E-state index contributed by atoms with van der Waals surface area (Å²) in [5, 5.41) is 12.4. The maximum atomic E-state index is 10.9. The average Bonchev–Trinajstić information content (AvgIpc) is 3.05. The maximum Gasteiger partial charge on any atom is 0.0794 e. The monoisotopic (exact) mass is 396 g/mol. The molecule has 0 saturated carbocycles. The molecule has 5 heteroatoms. The first kappa shape index (κ1) is 19.6. The van der Waals surface area contributed by atoms with Crippen LogP contribution in [-0.2, 0) is 13.0 Å². The van der Waals surface area contributed by atoms with E-state index in [-0.39, 0.29) is 6.10 Å². The lowest BCUT2D eigenvalue weighted by Gasteiger charge is -2.41. The SMILES string of the molecule is CCN1CCN(C[C@H](O)CN2CCn3c4c(c5cc(C)ccc53)CCC[C@@H]42)CC1. The summed E-state index contributed by atoms with van der Waals surface area (Å²) < 4.78 is 2.58. The van der Waals surface area contributed by atoms with Gasteiger partial charge in [0.1, 0.15) is 0 Å². The molecule has 0 amide bonds. The van der Waals surface area contributed by atoms with E-state index < -0.39 is 0 Å². The van der Waals surface area contributed by atoms with E-state index in [1.54, 1.807) is 11.3 Å². The minimum absolute atomic E-state index is 0.258. The zero-order valence-corrected chi connectivity index (χ0v) is 18.1. The number of likely N-dealkylation sites (N-methyl/N-ethyl adjacent to an activating group) is 1. The molecule has 1 N–H and O–H groups in total. The normalized spacial score (nSPS) is 24.7. The lowest BCUT2D eigenvalue weighted by molar-refractivity contribution is 0.0296. The van der Waals surface area contributed by atoms with Gasteiger partial charge in [-0.1, -0.05) is 18.6 Å². The van der Waals surface area contributed by atoms with Gasteiger partial charge in [0.2, 0.25) is 0 Å². The quantitative estimate of drug-likeness (QED) is 0.843. The average molecular weight is 397 g/mol.